The highest BCUT2D eigenvalue weighted by Crippen LogP contribution is 2.34. The third-order valence-electron chi connectivity index (χ3n) is 4.92. The molecule has 1 aromatic carbocycles. The number of H-pyrrole nitrogens is 1. The third-order valence-corrected chi connectivity index (χ3v) is 4.92. The van der Waals surface area contributed by atoms with Gasteiger partial charge in [0.2, 0.25) is 0 Å². The molecule has 0 spiro atoms. The van der Waals surface area contributed by atoms with Gasteiger partial charge in [0.15, 0.2) is 0 Å². The molecule has 0 amide bonds. The van der Waals surface area contributed by atoms with Gasteiger partial charge in [-0.25, -0.2) is 0 Å². The molecule has 0 saturated heterocycles. The number of aryl methyl sites for hydroxylation is 1. The van der Waals surface area contributed by atoms with Crippen molar-refractivity contribution >= 4 is 22.3 Å². The third kappa shape index (κ3) is 3.93. The molecule has 1 saturated carbocycles. The van der Waals surface area contributed by atoms with Gasteiger partial charge in [0.25, 0.3) is 0 Å². The molecule has 1 aromatic heterocycles. The van der Waals surface area contributed by atoms with E-state index in [0.29, 0.717) is 5.78 Å². The van der Waals surface area contributed by atoms with Crippen molar-refractivity contribution in [2.75, 3.05) is 0 Å². The molecule has 1 heterocycles. The van der Waals surface area contributed by atoms with Gasteiger partial charge in [-0.1, -0.05) is 30.7 Å². The minimum atomic E-state index is 0.464. The SMILES string of the molecule is Cc1[nH]c2ccccc2c1C1=CCCCC1.O=C1CCCCC1. The first-order chi connectivity index (χ1) is 11.3. The molecular weight excluding hydrogens is 282 g/mol. The number of rotatable bonds is 1. The van der Waals surface area contributed by atoms with Crippen LogP contribution in [0.2, 0.25) is 0 Å². The first-order valence-corrected chi connectivity index (χ1v) is 9.04. The van der Waals surface area contributed by atoms with Crippen LogP contribution in [0.3, 0.4) is 0 Å². The van der Waals surface area contributed by atoms with Gasteiger partial charge in [0, 0.05) is 35.0 Å². The van der Waals surface area contributed by atoms with Gasteiger partial charge >= 0.3 is 0 Å². The standard InChI is InChI=1S/C15H17N.C6H10O/c1-11-15(12-7-3-2-4-8-12)13-9-5-6-10-14(13)16-11;7-6-4-2-1-3-5-6/h5-7,9-10,16H,2-4,8H2,1H3;1-5H2. The van der Waals surface area contributed by atoms with Crippen molar-refractivity contribution in [3.8, 4) is 0 Å². The van der Waals surface area contributed by atoms with E-state index in [2.05, 4.69) is 42.2 Å². The minimum absolute atomic E-state index is 0.464. The van der Waals surface area contributed by atoms with Crippen LogP contribution in [0.15, 0.2) is 30.3 Å². The van der Waals surface area contributed by atoms with E-state index in [1.165, 1.54) is 54.3 Å². The van der Waals surface area contributed by atoms with Gasteiger partial charge in [-0.15, -0.1) is 0 Å². The van der Waals surface area contributed by atoms with Crippen LogP contribution in [-0.4, -0.2) is 10.8 Å². The fourth-order valence-corrected chi connectivity index (χ4v) is 3.70. The van der Waals surface area contributed by atoms with Gasteiger partial charge in [0.1, 0.15) is 5.78 Å². The summed E-state index contributed by atoms with van der Waals surface area (Å²) in [6.07, 6.45) is 12.8. The first kappa shape index (κ1) is 16.0. The second kappa shape index (κ2) is 7.63. The number of allylic oxidation sites excluding steroid dienone is 2. The molecule has 0 radical (unpaired) electrons. The maximum absolute atomic E-state index is 10.5. The van der Waals surface area contributed by atoms with Crippen LogP contribution in [0.5, 0.6) is 0 Å². The Morgan fingerprint density at radius 1 is 0.913 bits per heavy atom. The lowest BCUT2D eigenvalue weighted by molar-refractivity contribution is -0.120. The highest BCUT2D eigenvalue weighted by atomic mass is 16.1. The molecule has 2 nitrogen and oxygen atoms in total. The van der Waals surface area contributed by atoms with Gasteiger partial charge in [-0.2, -0.15) is 0 Å². The molecule has 0 unspecified atom stereocenters. The van der Waals surface area contributed by atoms with Gasteiger partial charge in [0.05, 0.1) is 0 Å². The van der Waals surface area contributed by atoms with Crippen molar-refractivity contribution in [2.24, 2.45) is 0 Å². The van der Waals surface area contributed by atoms with Crippen LogP contribution in [0.25, 0.3) is 16.5 Å². The molecule has 1 fully saturated rings. The maximum Gasteiger partial charge on any atom is 0.132 e. The fourth-order valence-electron chi connectivity index (χ4n) is 3.70. The lowest BCUT2D eigenvalue weighted by Gasteiger charge is -2.13. The Morgan fingerprint density at radius 2 is 1.65 bits per heavy atom. The van der Waals surface area contributed by atoms with E-state index in [1.807, 2.05) is 0 Å². The topological polar surface area (TPSA) is 32.9 Å². The van der Waals surface area contributed by atoms with Crippen LogP contribution in [-0.2, 0) is 4.79 Å². The molecule has 0 atom stereocenters. The Hall–Kier alpha value is -1.83. The fraction of sp³-hybridized carbons (Fsp3) is 0.476. The Labute approximate surface area is 139 Å². The van der Waals surface area contributed by atoms with Crippen molar-refractivity contribution in [3.05, 3.63) is 41.6 Å². The van der Waals surface area contributed by atoms with Gasteiger partial charge in [-0.05, 0) is 57.1 Å². The number of carbonyl (C=O) groups is 1. The molecule has 23 heavy (non-hydrogen) atoms. The predicted molar refractivity (Wildman–Crippen MR) is 97.6 cm³/mol. The average Bonchev–Trinajstić information content (AvgIpc) is 2.93. The van der Waals surface area contributed by atoms with Crippen LogP contribution in [0.1, 0.15) is 69.0 Å². The zero-order valence-electron chi connectivity index (χ0n) is 14.2. The number of fused-ring (bicyclic) bond motifs is 1. The number of carbonyl (C=O) groups excluding carboxylic acids is 1. The summed E-state index contributed by atoms with van der Waals surface area (Å²) in [5.41, 5.74) is 5.58. The summed E-state index contributed by atoms with van der Waals surface area (Å²) in [6.45, 7) is 2.19. The van der Waals surface area contributed by atoms with E-state index >= 15 is 0 Å². The minimum Gasteiger partial charge on any atom is -0.358 e. The second-order valence-corrected chi connectivity index (χ2v) is 6.75. The predicted octanol–water partition coefficient (Wildman–Crippen LogP) is 5.95. The number of aromatic nitrogens is 1. The van der Waals surface area contributed by atoms with Crippen molar-refractivity contribution in [3.63, 3.8) is 0 Å². The normalized spacial score (nSPS) is 18.3. The van der Waals surface area contributed by atoms with Crippen LogP contribution >= 0.6 is 0 Å². The number of ketones is 1. The molecule has 2 aliphatic rings. The first-order valence-electron chi connectivity index (χ1n) is 9.04. The van der Waals surface area contributed by atoms with Gasteiger partial charge < -0.3 is 4.98 Å². The number of para-hydroxylation sites is 1. The van der Waals surface area contributed by atoms with Crippen LogP contribution in [0, 0.1) is 6.92 Å². The van der Waals surface area contributed by atoms with Crippen molar-refractivity contribution < 1.29 is 4.79 Å². The summed E-state index contributed by atoms with van der Waals surface area (Å²) in [4.78, 5) is 13.9. The van der Waals surface area contributed by atoms with E-state index < -0.39 is 0 Å². The van der Waals surface area contributed by atoms with E-state index in [1.54, 1.807) is 5.57 Å². The molecule has 2 heteroatoms. The van der Waals surface area contributed by atoms with E-state index in [9.17, 15) is 4.79 Å². The highest BCUT2D eigenvalue weighted by molar-refractivity contribution is 5.94. The lowest BCUT2D eigenvalue weighted by atomic mass is 9.92. The van der Waals surface area contributed by atoms with E-state index in [0.717, 1.165) is 25.7 Å². The maximum atomic E-state index is 10.5. The molecule has 2 aliphatic carbocycles. The number of benzene rings is 1. The smallest absolute Gasteiger partial charge is 0.132 e. The van der Waals surface area contributed by atoms with Crippen molar-refractivity contribution in [1.29, 1.82) is 0 Å². The summed E-state index contributed by atoms with van der Waals surface area (Å²) in [7, 11) is 0. The van der Waals surface area contributed by atoms with Crippen molar-refractivity contribution in [1.82, 2.24) is 4.98 Å². The van der Waals surface area contributed by atoms with Crippen LogP contribution < -0.4 is 0 Å². The van der Waals surface area contributed by atoms with Crippen molar-refractivity contribution in [2.45, 2.75) is 64.7 Å². The zero-order valence-corrected chi connectivity index (χ0v) is 14.2. The Morgan fingerprint density at radius 3 is 2.30 bits per heavy atom. The summed E-state index contributed by atoms with van der Waals surface area (Å²) in [5, 5.41) is 1.38. The molecule has 1 N–H and O–H groups in total. The number of hydrogen-bond acceptors (Lipinski definition) is 1. The molecule has 2 aromatic rings. The lowest BCUT2D eigenvalue weighted by Crippen LogP contribution is -2.02. The zero-order chi connectivity index (χ0) is 16.1. The van der Waals surface area contributed by atoms with Crippen LogP contribution in [0.4, 0.5) is 0 Å². The summed E-state index contributed by atoms with van der Waals surface area (Å²) in [5.74, 6) is 0.464. The van der Waals surface area contributed by atoms with Gasteiger partial charge in [-0.3, -0.25) is 4.79 Å². The molecule has 4 rings (SSSR count). The summed E-state index contributed by atoms with van der Waals surface area (Å²) >= 11 is 0. The number of aromatic amines is 1. The average molecular weight is 309 g/mol. The second-order valence-electron chi connectivity index (χ2n) is 6.75. The molecule has 0 bridgehead atoms. The molecule has 0 aliphatic heterocycles. The number of hydrogen-bond donors (Lipinski definition) is 1. The molecular formula is C21H27NO. The molecule has 122 valence electrons. The summed E-state index contributed by atoms with van der Waals surface area (Å²) in [6, 6.07) is 8.61. The monoisotopic (exact) mass is 309 g/mol. The number of nitrogens with one attached hydrogen (secondary N) is 1. The van der Waals surface area contributed by atoms with E-state index in [4.69, 9.17) is 0 Å². The Balaban J connectivity index is 0.000000188. The Bertz CT molecular complexity index is 700. The Kier molecular flexibility index (Phi) is 5.32. The summed E-state index contributed by atoms with van der Waals surface area (Å²) < 4.78 is 0. The van der Waals surface area contributed by atoms with E-state index in [-0.39, 0.29) is 0 Å². The largest absolute Gasteiger partial charge is 0.358 e. The highest BCUT2D eigenvalue weighted by Gasteiger charge is 2.13. The quantitative estimate of drug-likeness (QED) is 0.693. The number of Topliss-reactive ketones (excluding diaryl/α,β-unsaturated/α-hetero) is 1.